The topological polar surface area (TPSA) is 57.5 Å². The molecule has 3 heteroatoms. The second kappa shape index (κ2) is 12.4. The first-order chi connectivity index (χ1) is 7.43. The maximum Gasteiger partial charge on any atom is 0.120 e. The van der Waals surface area contributed by atoms with Gasteiger partial charge in [-0.2, -0.15) is 0 Å². The minimum absolute atomic E-state index is 0.139. The molecule has 0 aromatic carbocycles. The lowest BCUT2D eigenvalue weighted by atomic mass is 10.0. The number of carbonyl (C=O) groups excluding carboxylic acids is 1. The molecule has 0 aromatic heterocycles. The molecule has 0 radical (unpaired) electrons. The summed E-state index contributed by atoms with van der Waals surface area (Å²) < 4.78 is 0. The van der Waals surface area contributed by atoms with E-state index in [1.165, 1.54) is 12.5 Å². The number of hydrogen-bond acceptors (Lipinski definition) is 3. The molecule has 0 aliphatic rings. The van der Waals surface area contributed by atoms with Crippen molar-refractivity contribution in [3.63, 3.8) is 0 Å². The Hall–Kier alpha value is -0.670. The average molecular weight is 230 g/mol. The number of allylic oxidation sites excluding steroid dienone is 2. The molecule has 0 saturated heterocycles. The first-order valence-electron chi connectivity index (χ1n) is 5.79. The van der Waals surface area contributed by atoms with Crippen LogP contribution in [0.1, 0.15) is 47.0 Å². The second-order valence-corrected chi connectivity index (χ2v) is 4.40. The number of rotatable bonds is 6. The van der Waals surface area contributed by atoms with Gasteiger partial charge in [-0.1, -0.05) is 18.6 Å². The molecule has 16 heavy (non-hydrogen) atoms. The molecule has 2 atom stereocenters. The van der Waals surface area contributed by atoms with Crippen molar-refractivity contribution in [1.29, 1.82) is 0 Å². The number of aliphatic hydroxyl groups excluding tert-OH is 2. The lowest BCUT2D eigenvalue weighted by molar-refractivity contribution is -0.108. The van der Waals surface area contributed by atoms with Crippen LogP contribution in [0.3, 0.4) is 0 Å². The largest absolute Gasteiger partial charge is 0.394 e. The molecular formula is C13H26O3. The van der Waals surface area contributed by atoms with Gasteiger partial charge >= 0.3 is 0 Å². The smallest absolute Gasteiger partial charge is 0.120 e. The molecule has 0 spiro atoms. The molecule has 0 saturated carbocycles. The minimum Gasteiger partial charge on any atom is -0.394 e. The van der Waals surface area contributed by atoms with Crippen LogP contribution in [-0.2, 0) is 4.79 Å². The maximum atomic E-state index is 10.1. The summed E-state index contributed by atoms with van der Waals surface area (Å²) in [4.78, 5) is 10.1. The maximum absolute atomic E-state index is 10.1. The van der Waals surface area contributed by atoms with Crippen molar-refractivity contribution in [2.24, 2.45) is 5.92 Å². The number of aldehydes is 1. The van der Waals surface area contributed by atoms with Crippen molar-refractivity contribution in [2.45, 2.75) is 53.1 Å². The summed E-state index contributed by atoms with van der Waals surface area (Å²) in [6.45, 7) is 7.71. The fourth-order valence-electron chi connectivity index (χ4n) is 0.939. The second-order valence-electron chi connectivity index (χ2n) is 4.40. The van der Waals surface area contributed by atoms with Crippen LogP contribution in [-0.4, -0.2) is 29.2 Å². The van der Waals surface area contributed by atoms with Crippen molar-refractivity contribution >= 4 is 6.29 Å². The normalized spacial score (nSPS) is 13.1. The highest BCUT2D eigenvalue weighted by atomic mass is 16.3. The van der Waals surface area contributed by atoms with Gasteiger partial charge in [-0.05, 0) is 39.5 Å². The third-order valence-electron chi connectivity index (χ3n) is 1.97. The Kier molecular flexibility index (Phi) is 13.7. The van der Waals surface area contributed by atoms with Crippen LogP contribution in [0.5, 0.6) is 0 Å². The van der Waals surface area contributed by atoms with E-state index in [0.717, 1.165) is 19.1 Å². The summed E-state index contributed by atoms with van der Waals surface area (Å²) in [6, 6.07) is 0. The van der Waals surface area contributed by atoms with Crippen LogP contribution in [0, 0.1) is 5.92 Å². The summed E-state index contributed by atoms with van der Waals surface area (Å²) in [6.07, 6.45) is 5.61. The summed E-state index contributed by atoms with van der Waals surface area (Å²) >= 11 is 0. The van der Waals surface area contributed by atoms with Gasteiger partial charge in [0.1, 0.15) is 6.29 Å². The summed E-state index contributed by atoms with van der Waals surface area (Å²) in [5.41, 5.74) is 1.36. The Morgan fingerprint density at radius 2 is 1.81 bits per heavy atom. The van der Waals surface area contributed by atoms with Gasteiger partial charge in [0.25, 0.3) is 0 Å². The molecule has 2 unspecified atom stereocenters. The van der Waals surface area contributed by atoms with Gasteiger partial charge < -0.3 is 15.0 Å². The average Bonchev–Trinajstić information content (AvgIpc) is 2.18. The zero-order valence-electron chi connectivity index (χ0n) is 10.9. The summed E-state index contributed by atoms with van der Waals surface area (Å²) in [5, 5.41) is 16.0. The molecule has 0 fully saturated rings. The minimum atomic E-state index is -0.560. The van der Waals surface area contributed by atoms with E-state index in [0.29, 0.717) is 12.3 Å². The Morgan fingerprint density at radius 1 is 1.31 bits per heavy atom. The molecule has 0 rings (SSSR count). The molecule has 0 bridgehead atoms. The number of hydrogen-bond donors (Lipinski definition) is 2. The van der Waals surface area contributed by atoms with E-state index in [-0.39, 0.29) is 6.61 Å². The molecule has 0 aliphatic heterocycles. The Bertz CT molecular complexity index is 182. The monoisotopic (exact) mass is 230 g/mol. The SMILES string of the molecule is CC(C)=CCCC(C)CC=O.CC(O)CO. The van der Waals surface area contributed by atoms with Crippen molar-refractivity contribution in [3.05, 3.63) is 11.6 Å². The van der Waals surface area contributed by atoms with Crippen LogP contribution >= 0.6 is 0 Å². The van der Waals surface area contributed by atoms with Gasteiger partial charge in [0.15, 0.2) is 0 Å². The fraction of sp³-hybridized carbons (Fsp3) is 0.769. The van der Waals surface area contributed by atoms with Crippen LogP contribution < -0.4 is 0 Å². The highest BCUT2D eigenvalue weighted by molar-refractivity contribution is 5.49. The van der Waals surface area contributed by atoms with Crippen molar-refractivity contribution in [3.8, 4) is 0 Å². The molecule has 0 heterocycles. The van der Waals surface area contributed by atoms with Gasteiger partial charge in [-0.3, -0.25) is 0 Å². The van der Waals surface area contributed by atoms with Crippen molar-refractivity contribution in [2.75, 3.05) is 6.61 Å². The van der Waals surface area contributed by atoms with Gasteiger partial charge in [-0.15, -0.1) is 0 Å². The van der Waals surface area contributed by atoms with Crippen LogP contribution in [0.2, 0.25) is 0 Å². The molecule has 0 aliphatic carbocycles. The van der Waals surface area contributed by atoms with Gasteiger partial charge in [0, 0.05) is 6.42 Å². The summed E-state index contributed by atoms with van der Waals surface area (Å²) in [5.74, 6) is 0.545. The third kappa shape index (κ3) is 19.0. The van der Waals surface area contributed by atoms with E-state index >= 15 is 0 Å². The number of aliphatic hydroxyl groups is 2. The van der Waals surface area contributed by atoms with Crippen LogP contribution in [0.15, 0.2) is 11.6 Å². The van der Waals surface area contributed by atoms with Crippen LogP contribution in [0.4, 0.5) is 0 Å². The van der Waals surface area contributed by atoms with Crippen LogP contribution in [0.25, 0.3) is 0 Å². The van der Waals surface area contributed by atoms with Gasteiger partial charge in [-0.25, -0.2) is 0 Å². The third-order valence-corrected chi connectivity index (χ3v) is 1.97. The zero-order valence-corrected chi connectivity index (χ0v) is 10.9. The molecule has 96 valence electrons. The van der Waals surface area contributed by atoms with E-state index in [2.05, 4.69) is 26.8 Å². The summed E-state index contributed by atoms with van der Waals surface area (Å²) in [7, 11) is 0. The Balaban J connectivity index is 0. The Morgan fingerprint density at radius 3 is 2.12 bits per heavy atom. The van der Waals surface area contributed by atoms with Gasteiger partial charge in [0.05, 0.1) is 12.7 Å². The van der Waals surface area contributed by atoms with E-state index in [4.69, 9.17) is 10.2 Å². The highest BCUT2D eigenvalue weighted by Gasteiger charge is 1.98. The quantitative estimate of drug-likeness (QED) is 0.544. The highest BCUT2D eigenvalue weighted by Crippen LogP contribution is 2.09. The molecule has 0 amide bonds. The zero-order chi connectivity index (χ0) is 13.0. The van der Waals surface area contributed by atoms with E-state index in [9.17, 15) is 4.79 Å². The lowest BCUT2D eigenvalue weighted by Crippen LogP contribution is -2.03. The lowest BCUT2D eigenvalue weighted by Gasteiger charge is -2.03. The molecular weight excluding hydrogens is 204 g/mol. The molecule has 3 nitrogen and oxygen atoms in total. The molecule has 0 aromatic rings. The van der Waals surface area contributed by atoms with Gasteiger partial charge in [0.2, 0.25) is 0 Å². The predicted octanol–water partition coefficient (Wildman–Crippen LogP) is 2.32. The van der Waals surface area contributed by atoms with Crippen molar-refractivity contribution < 1.29 is 15.0 Å². The van der Waals surface area contributed by atoms with E-state index < -0.39 is 6.10 Å². The van der Waals surface area contributed by atoms with Crippen molar-refractivity contribution in [1.82, 2.24) is 0 Å². The molecule has 2 N–H and O–H groups in total. The first kappa shape index (κ1) is 17.7. The first-order valence-corrected chi connectivity index (χ1v) is 5.79. The number of carbonyl (C=O) groups is 1. The standard InChI is InChI=1S/C10H18O.C3H8O2/c1-9(2)5-4-6-10(3)7-8-11;1-3(5)2-4/h5,8,10H,4,6-7H2,1-3H3;3-5H,2H2,1H3. The predicted molar refractivity (Wildman–Crippen MR) is 67.3 cm³/mol. The van der Waals surface area contributed by atoms with E-state index in [1.54, 1.807) is 0 Å². The Labute approximate surface area is 99.2 Å². The fourth-order valence-corrected chi connectivity index (χ4v) is 0.939. The van der Waals surface area contributed by atoms with E-state index in [1.807, 2.05) is 0 Å².